The molecule has 3 nitrogen and oxygen atoms in total. The van der Waals surface area contributed by atoms with Gasteiger partial charge in [0.05, 0.1) is 6.10 Å². The molecule has 0 amide bonds. The van der Waals surface area contributed by atoms with Crippen LogP contribution in [0.1, 0.15) is 91.9 Å². The van der Waals surface area contributed by atoms with Crippen molar-refractivity contribution in [3.63, 3.8) is 0 Å². The lowest BCUT2D eigenvalue weighted by Gasteiger charge is -2.58. The maximum absolute atomic E-state index is 13.3. The second-order valence-electron chi connectivity index (χ2n) is 12.0. The highest BCUT2D eigenvalue weighted by Crippen LogP contribution is 2.66. The van der Waals surface area contributed by atoms with Crippen molar-refractivity contribution in [2.75, 3.05) is 6.61 Å². The molecule has 0 heterocycles. The van der Waals surface area contributed by atoms with E-state index in [-0.39, 0.29) is 29.5 Å². The van der Waals surface area contributed by atoms with Crippen molar-refractivity contribution >= 4 is 5.78 Å². The second-order valence-corrected chi connectivity index (χ2v) is 12.0. The van der Waals surface area contributed by atoms with E-state index >= 15 is 0 Å². The third-order valence-corrected chi connectivity index (χ3v) is 10.2. The molecule has 9 atom stereocenters. The summed E-state index contributed by atoms with van der Waals surface area (Å²) in [6.07, 6.45) is 12.9. The van der Waals surface area contributed by atoms with E-state index in [9.17, 15) is 15.0 Å². The second kappa shape index (κ2) is 8.35. The average Bonchev–Trinajstić information content (AvgIpc) is 2.98. The fourth-order valence-electron chi connectivity index (χ4n) is 8.49. The van der Waals surface area contributed by atoms with Gasteiger partial charge in [-0.25, -0.2) is 0 Å². The summed E-state index contributed by atoms with van der Waals surface area (Å²) in [6.45, 7) is 9.60. The van der Waals surface area contributed by atoms with E-state index in [1.54, 1.807) is 0 Å². The number of fused-ring (bicyclic) bond motifs is 5. The normalized spacial score (nSPS) is 45.2. The summed E-state index contributed by atoms with van der Waals surface area (Å²) in [5.41, 5.74) is 1.92. The van der Waals surface area contributed by atoms with E-state index in [0.717, 1.165) is 51.4 Å². The first-order valence-electron chi connectivity index (χ1n) is 12.7. The van der Waals surface area contributed by atoms with E-state index in [2.05, 4.69) is 33.8 Å². The van der Waals surface area contributed by atoms with E-state index in [1.165, 1.54) is 18.4 Å². The van der Waals surface area contributed by atoms with Crippen LogP contribution in [0, 0.1) is 46.3 Å². The quantitative estimate of drug-likeness (QED) is 0.559. The molecule has 3 heteroatoms. The average molecular weight is 417 g/mol. The van der Waals surface area contributed by atoms with Gasteiger partial charge in [-0.15, -0.1) is 0 Å². The molecule has 0 spiro atoms. The molecule has 3 fully saturated rings. The molecule has 0 aliphatic heterocycles. The lowest BCUT2D eigenvalue weighted by molar-refractivity contribution is -0.124. The Hall–Kier alpha value is -0.670. The summed E-state index contributed by atoms with van der Waals surface area (Å²) >= 11 is 0. The van der Waals surface area contributed by atoms with Gasteiger partial charge in [0.1, 0.15) is 5.78 Å². The summed E-state index contributed by atoms with van der Waals surface area (Å²) in [4.78, 5) is 13.3. The molecule has 4 rings (SSSR count). The third kappa shape index (κ3) is 3.62. The van der Waals surface area contributed by atoms with Gasteiger partial charge in [0.2, 0.25) is 0 Å². The monoisotopic (exact) mass is 416 g/mol. The van der Waals surface area contributed by atoms with Crippen LogP contribution in [-0.2, 0) is 4.79 Å². The topological polar surface area (TPSA) is 57.5 Å². The molecular weight excluding hydrogens is 372 g/mol. The molecule has 2 N–H and O–H groups in total. The van der Waals surface area contributed by atoms with Crippen LogP contribution in [0.15, 0.2) is 11.6 Å². The summed E-state index contributed by atoms with van der Waals surface area (Å²) < 4.78 is 0. The van der Waals surface area contributed by atoms with Gasteiger partial charge in [0.25, 0.3) is 0 Å². The minimum Gasteiger partial charge on any atom is -0.396 e. The molecule has 0 bridgehead atoms. The van der Waals surface area contributed by atoms with Gasteiger partial charge >= 0.3 is 0 Å². The maximum atomic E-state index is 13.3. The Morgan fingerprint density at radius 3 is 2.60 bits per heavy atom. The molecular formula is C27H44O3. The van der Waals surface area contributed by atoms with Crippen LogP contribution >= 0.6 is 0 Å². The van der Waals surface area contributed by atoms with Gasteiger partial charge in [-0.2, -0.15) is 0 Å². The molecule has 3 saturated carbocycles. The standard InChI is InChI=1S/C27H44O3/c1-17(16-28)6-5-7-18(2)25-24(30)15-23-21-9-8-19-14-20(29)10-12-26(19,3)22(21)11-13-27(23,25)4/h8,17-18,20-23,25,28-29H,5-7,9-16H2,1-4H3/t17-,18-,20+,21-,22+,23+,25+,26+,27+/m1/s1. The van der Waals surface area contributed by atoms with Gasteiger partial charge in [-0.3, -0.25) is 4.79 Å². The highest BCUT2D eigenvalue weighted by atomic mass is 16.3. The fraction of sp³-hybridized carbons (Fsp3) is 0.889. The lowest BCUT2D eigenvalue weighted by Crippen LogP contribution is -2.51. The number of carbonyl (C=O) groups excluding carboxylic acids is 1. The Morgan fingerprint density at radius 1 is 1.10 bits per heavy atom. The van der Waals surface area contributed by atoms with E-state index in [0.29, 0.717) is 35.4 Å². The molecule has 0 saturated heterocycles. The smallest absolute Gasteiger partial charge is 0.137 e. The van der Waals surface area contributed by atoms with Crippen LogP contribution in [-0.4, -0.2) is 28.7 Å². The Labute approximate surface area is 183 Å². The number of ketones is 1. The predicted octanol–water partition coefficient (Wildman–Crippen LogP) is 5.54. The molecule has 0 aromatic heterocycles. The first-order valence-corrected chi connectivity index (χ1v) is 12.7. The van der Waals surface area contributed by atoms with Crippen molar-refractivity contribution in [2.45, 2.75) is 98.0 Å². The highest BCUT2D eigenvalue weighted by molar-refractivity contribution is 5.85. The molecule has 0 aromatic rings. The zero-order valence-electron chi connectivity index (χ0n) is 19.7. The van der Waals surface area contributed by atoms with Crippen molar-refractivity contribution in [2.24, 2.45) is 46.3 Å². The minimum atomic E-state index is -0.151. The molecule has 170 valence electrons. The molecule has 0 aromatic carbocycles. The largest absolute Gasteiger partial charge is 0.396 e. The maximum Gasteiger partial charge on any atom is 0.137 e. The van der Waals surface area contributed by atoms with Crippen LogP contribution < -0.4 is 0 Å². The number of Topliss-reactive ketones (excluding diaryl/α,β-unsaturated/α-hetero) is 1. The summed E-state index contributed by atoms with van der Waals surface area (Å²) in [5.74, 6) is 3.44. The van der Waals surface area contributed by atoms with Crippen molar-refractivity contribution in [1.29, 1.82) is 0 Å². The molecule has 4 aliphatic carbocycles. The predicted molar refractivity (Wildman–Crippen MR) is 121 cm³/mol. The summed E-state index contributed by atoms with van der Waals surface area (Å²) in [7, 11) is 0. The summed E-state index contributed by atoms with van der Waals surface area (Å²) in [6, 6.07) is 0. The summed E-state index contributed by atoms with van der Waals surface area (Å²) in [5, 5.41) is 19.5. The van der Waals surface area contributed by atoms with E-state index < -0.39 is 0 Å². The Morgan fingerprint density at radius 2 is 1.87 bits per heavy atom. The van der Waals surface area contributed by atoms with Gasteiger partial charge in [-0.1, -0.05) is 45.8 Å². The number of allylic oxidation sites excluding steroid dienone is 1. The Balaban J connectivity index is 1.51. The number of hydrogen-bond donors (Lipinski definition) is 2. The van der Waals surface area contributed by atoms with Crippen molar-refractivity contribution in [3.8, 4) is 0 Å². The number of hydrogen-bond acceptors (Lipinski definition) is 3. The molecule has 0 unspecified atom stereocenters. The SMILES string of the molecule is C[C@@H](CO)CCC[C@@H](C)[C@H]1C(=O)C[C@H]2[C@@H]3CC=C4C[C@@H](O)CC[C@]4(C)[C@H]3CC[C@]12C. The highest BCUT2D eigenvalue weighted by Gasteiger charge is 2.61. The zero-order chi connectivity index (χ0) is 21.7. The van der Waals surface area contributed by atoms with Crippen molar-refractivity contribution < 1.29 is 15.0 Å². The zero-order valence-corrected chi connectivity index (χ0v) is 19.7. The van der Waals surface area contributed by atoms with Crippen LogP contribution in [0.3, 0.4) is 0 Å². The third-order valence-electron chi connectivity index (χ3n) is 10.2. The first kappa shape index (κ1) is 22.5. The van der Waals surface area contributed by atoms with Gasteiger partial charge in [0.15, 0.2) is 0 Å². The van der Waals surface area contributed by atoms with Crippen LogP contribution in [0.2, 0.25) is 0 Å². The van der Waals surface area contributed by atoms with Crippen LogP contribution in [0.25, 0.3) is 0 Å². The number of carbonyl (C=O) groups is 1. The fourth-order valence-corrected chi connectivity index (χ4v) is 8.49. The molecule has 4 aliphatic rings. The molecule has 0 radical (unpaired) electrons. The number of aliphatic hydroxyl groups excluding tert-OH is 2. The van der Waals surface area contributed by atoms with Crippen molar-refractivity contribution in [1.82, 2.24) is 0 Å². The van der Waals surface area contributed by atoms with E-state index in [4.69, 9.17) is 0 Å². The minimum absolute atomic E-state index is 0.151. The van der Waals surface area contributed by atoms with Gasteiger partial charge in [0, 0.05) is 18.9 Å². The van der Waals surface area contributed by atoms with Crippen LogP contribution in [0.5, 0.6) is 0 Å². The number of aliphatic hydroxyl groups is 2. The molecule has 30 heavy (non-hydrogen) atoms. The Bertz CT molecular complexity index is 684. The Kier molecular flexibility index (Phi) is 6.27. The first-order chi connectivity index (χ1) is 14.2. The number of rotatable bonds is 6. The van der Waals surface area contributed by atoms with Gasteiger partial charge in [-0.05, 0) is 91.8 Å². The van der Waals surface area contributed by atoms with Crippen LogP contribution in [0.4, 0.5) is 0 Å². The van der Waals surface area contributed by atoms with Gasteiger partial charge < -0.3 is 10.2 Å². The lowest BCUT2D eigenvalue weighted by atomic mass is 9.47. The van der Waals surface area contributed by atoms with E-state index in [1.807, 2.05) is 0 Å². The van der Waals surface area contributed by atoms with Crippen molar-refractivity contribution in [3.05, 3.63) is 11.6 Å².